The van der Waals surface area contributed by atoms with Gasteiger partial charge in [-0.15, -0.1) is 0 Å². The molecule has 3 aromatic carbocycles. The number of benzene rings is 3. The van der Waals surface area contributed by atoms with E-state index >= 15 is 0 Å². The van der Waals surface area contributed by atoms with Crippen molar-refractivity contribution in [3.05, 3.63) is 89.1 Å². The smallest absolute Gasteiger partial charge is 0.244 e. The fourth-order valence-electron chi connectivity index (χ4n) is 3.87. The van der Waals surface area contributed by atoms with Gasteiger partial charge in [0.05, 0.1) is 28.0 Å². The highest BCUT2D eigenvalue weighted by Gasteiger charge is 2.31. The summed E-state index contributed by atoms with van der Waals surface area (Å²) in [4.78, 5) is 9.42. The van der Waals surface area contributed by atoms with E-state index in [-0.39, 0.29) is 5.57 Å². The molecule has 152 valence electrons. The van der Waals surface area contributed by atoms with E-state index in [1.807, 2.05) is 36.4 Å². The molecule has 0 bridgehead atoms. The van der Waals surface area contributed by atoms with Crippen molar-refractivity contribution in [2.75, 3.05) is 0 Å². The molecule has 0 atom stereocenters. The van der Waals surface area contributed by atoms with Crippen LogP contribution < -0.4 is 0 Å². The molecule has 0 saturated heterocycles. The Hall–Kier alpha value is -4.49. The maximum absolute atomic E-state index is 12.9. The molecule has 4 aromatic rings. The summed E-state index contributed by atoms with van der Waals surface area (Å²) < 4.78 is 38.6. The minimum atomic E-state index is -4.40. The maximum atomic E-state index is 12.9. The molecule has 1 aliphatic rings. The summed E-state index contributed by atoms with van der Waals surface area (Å²) in [6.07, 6.45) is -4.40. The van der Waals surface area contributed by atoms with E-state index in [1.165, 1.54) is 12.1 Å². The Morgan fingerprint density at radius 1 is 0.719 bits per heavy atom. The molecule has 4 nitrogen and oxygen atoms in total. The van der Waals surface area contributed by atoms with Gasteiger partial charge in [0.2, 0.25) is 0 Å². The van der Waals surface area contributed by atoms with Gasteiger partial charge in [0.1, 0.15) is 17.7 Å². The number of allylic oxidation sites excluding steroid dienone is 1. The van der Waals surface area contributed by atoms with E-state index in [0.29, 0.717) is 39.1 Å². The van der Waals surface area contributed by atoms with Gasteiger partial charge in [0.15, 0.2) is 0 Å². The second kappa shape index (κ2) is 7.04. The average molecular weight is 424 g/mol. The lowest BCUT2D eigenvalue weighted by molar-refractivity contribution is -0.137. The van der Waals surface area contributed by atoms with E-state index in [9.17, 15) is 23.7 Å². The molecule has 0 unspecified atom stereocenters. The number of nitrogens with zero attached hydrogens (tertiary/aromatic N) is 4. The van der Waals surface area contributed by atoms with Gasteiger partial charge in [-0.25, -0.2) is 9.97 Å². The molecule has 0 saturated carbocycles. The summed E-state index contributed by atoms with van der Waals surface area (Å²) in [6.45, 7) is 0. The summed E-state index contributed by atoms with van der Waals surface area (Å²) >= 11 is 0. The molecule has 0 radical (unpaired) electrons. The number of alkyl halides is 3. The van der Waals surface area contributed by atoms with Gasteiger partial charge >= 0.3 is 6.18 Å². The van der Waals surface area contributed by atoms with Crippen LogP contribution in [0.25, 0.3) is 39.0 Å². The lowest BCUT2D eigenvalue weighted by Crippen LogP contribution is -2.04. The van der Waals surface area contributed by atoms with Crippen LogP contribution in [0.4, 0.5) is 13.2 Å². The lowest BCUT2D eigenvalue weighted by atomic mass is 10.0. The number of aromatic nitrogens is 2. The van der Waals surface area contributed by atoms with Crippen molar-refractivity contribution in [2.45, 2.75) is 6.18 Å². The van der Waals surface area contributed by atoms with E-state index in [4.69, 9.17) is 9.97 Å². The molecule has 1 aromatic heterocycles. The Bertz CT molecular complexity index is 1500. The van der Waals surface area contributed by atoms with Crippen molar-refractivity contribution >= 4 is 16.6 Å². The summed E-state index contributed by atoms with van der Waals surface area (Å²) in [5.74, 6) is 0. The fourth-order valence-corrected chi connectivity index (χ4v) is 3.87. The highest BCUT2D eigenvalue weighted by Crippen LogP contribution is 2.44. The number of rotatable bonds is 1. The van der Waals surface area contributed by atoms with Crippen LogP contribution in [0.15, 0.2) is 72.3 Å². The molecule has 0 aliphatic heterocycles. The minimum Gasteiger partial charge on any atom is -0.244 e. The third-order valence-electron chi connectivity index (χ3n) is 5.37. The van der Waals surface area contributed by atoms with Crippen LogP contribution in [-0.4, -0.2) is 9.97 Å². The van der Waals surface area contributed by atoms with E-state index < -0.39 is 11.7 Å². The fraction of sp³-hybridized carbons (Fsp3) is 0.0400. The van der Waals surface area contributed by atoms with Crippen molar-refractivity contribution in [3.63, 3.8) is 0 Å². The first-order chi connectivity index (χ1) is 15.4. The van der Waals surface area contributed by atoms with Crippen LogP contribution >= 0.6 is 0 Å². The van der Waals surface area contributed by atoms with Crippen LogP contribution in [0.3, 0.4) is 0 Å². The van der Waals surface area contributed by atoms with Gasteiger partial charge in [-0.2, -0.15) is 23.7 Å². The molecular weight excluding hydrogens is 413 g/mol. The van der Waals surface area contributed by atoms with Crippen LogP contribution in [0, 0.1) is 22.7 Å². The Balaban J connectivity index is 1.69. The molecule has 1 heterocycles. The minimum absolute atomic E-state index is 0.0521. The molecular formula is C25H11F3N4. The zero-order chi connectivity index (χ0) is 22.5. The molecule has 32 heavy (non-hydrogen) atoms. The maximum Gasteiger partial charge on any atom is 0.416 e. The number of hydrogen-bond donors (Lipinski definition) is 0. The standard InChI is InChI=1S/C25H11F3N4/c26-25(27,28)17-8-5-14(6-9-17)15-7-10-20-21(11-15)32-24-22(16(12-29)13-30)18-3-1-2-4-19(18)23(24)31-20/h1-11H. The summed E-state index contributed by atoms with van der Waals surface area (Å²) in [6, 6.07) is 21.4. The van der Waals surface area contributed by atoms with Gasteiger partial charge in [-0.3, -0.25) is 0 Å². The van der Waals surface area contributed by atoms with E-state index in [2.05, 4.69) is 0 Å². The topological polar surface area (TPSA) is 73.4 Å². The molecule has 0 N–H and O–H groups in total. The van der Waals surface area contributed by atoms with Crippen molar-refractivity contribution in [3.8, 4) is 34.5 Å². The monoisotopic (exact) mass is 424 g/mol. The Labute approximate surface area is 180 Å². The quantitative estimate of drug-likeness (QED) is 0.303. The molecule has 1 aliphatic carbocycles. The molecule has 5 rings (SSSR count). The van der Waals surface area contributed by atoms with Crippen LogP contribution in [-0.2, 0) is 6.18 Å². The predicted molar refractivity (Wildman–Crippen MR) is 113 cm³/mol. The lowest BCUT2D eigenvalue weighted by Gasteiger charge is -2.09. The first-order valence-electron chi connectivity index (χ1n) is 9.55. The van der Waals surface area contributed by atoms with Crippen molar-refractivity contribution in [2.24, 2.45) is 0 Å². The zero-order valence-corrected chi connectivity index (χ0v) is 16.3. The predicted octanol–water partition coefficient (Wildman–Crippen LogP) is 6.15. The van der Waals surface area contributed by atoms with Crippen molar-refractivity contribution in [1.82, 2.24) is 9.97 Å². The summed E-state index contributed by atoms with van der Waals surface area (Å²) in [5, 5.41) is 18.9. The SMILES string of the molecule is N#CC(C#N)=C1c2ccccc2-c2nc3ccc(-c4ccc(C(F)(F)F)cc4)cc3nc21. The van der Waals surface area contributed by atoms with E-state index in [0.717, 1.165) is 23.3 Å². The zero-order valence-electron chi connectivity index (χ0n) is 16.3. The Kier molecular flexibility index (Phi) is 4.28. The van der Waals surface area contributed by atoms with E-state index in [1.54, 1.807) is 18.2 Å². The van der Waals surface area contributed by atoms with Gasteiger partial charge in [-0.1, -0.05) is 42.5 Å². The number of hydrogen-bond acceptors (Lipinski definition) is 4. The Morgan fingerprint density at radius 2 is 1.34 bits per heavy atom. The van der Waals surface area contributed by atoms with Gasteiger partial charge in [0.25, 0.3) is 0 Å². The first kappa shape index (κ1) is 19.5. The molecule has 0 amide bonds. The molecule has 0 fully saturated rings. The van der Waals surface area contributed by atoms with Gasteiger partial charge in [0, 0.05) is 11.1 Å². The van der Waals surface area contributed by atoms with Crippen molar-refractivity contribution < 1.29 is 13.2 Å². The van der Waals surface area contributed by atoms with Crippen LogP contribution in [0.5, 0.6) is 0 Å². The van der Waals surface area contributed by atoms with Crippen molar-refractivity contribution in [1.29, 1.82) is 10.5 Å². The number of fused-ring (bicyclic) bond motifs is 4. The highest BCUT2D eigenvalue weighted by atomic mass is 19.4. The second-order valence-corrected chi connectivity index (χ2v) is 7.22. The van der Waals surface area contributed by atoms with Crippen LogP contribution in [0.2, 0.25) is 0 Å². The molecule has 0 spiro atoms. The van der Waals surface area contributed by atoms with Gasteiger partial charge in [-0.05, 0) is 41.0 Å². The number of halogens is 3. The third kappa shape index (κ3) is 3.00. The average Bonchev–Trinajstić information content (AvgIpc) is 3.11. The Morgan fingerprint density at radius 3 is 2.00 bits per heavy atom. The first-order valence-corrected chi connectivity index (χ1v) is 9.55. The summed E-state index contributed by atoms with van der Waals surface area (Å²) in [7, 11) is 0. The normalized spacial score (nSPS) is 12.1. The highest BCUT2D eigenvalue weighted by molar-refractivity contribution is 6.03. The number of nitriles is 2. The second-order valence-electron chi connectivity index (χ2n) is 7.22. The van der Waals surface area contributed by atoms with Gasteiger partial charge < -0.3 is 0 Å². The summed E-state index contributed by atoms with van der Waals surface area (Å²) in [5.41, 5.74) is 4.63. The molecule has 7 heteroatoms. The van der Waals surface area contributed by atoms with Crippen LogP contribution in [0.1, 0.15) is 16.8 Å². The third-order valence-corrected chi connectivity index (χ3v) is 5.37. The largest absolute Gasteiger partial charge is 0.416 e.